The number of fused-ring (bicyclic) bond motifs is 2. The number of rotatable bonds is 5. The van der Waals surface area contributed by atoms with E-state index in [0.29, 0.717) is 40.6 Å². The first-order valence-corrected chi connectivity index (χ1v) is 13.1. The number of nitrogens with zero attached hydrogens (tertiary/aromatic N) is 6. The van der Waals surface area contributed by atoms with E-state index in [-0.39, 0.29) is 7.85 Å². The molecule has 0 aromatic carbocycles. The molecule has 10 heteroatoms. The molecule has 5 heterocycles. The van der Waals surface area contributed by atoms with E-state index >= 15 is 0 Å². The van der Waals surface area contributed by atoms with Crippen LogP contribution >= 0.6 is 0 Å². The van der Waals surface area contributed by atoms with Crippen molar-refractivity contribution >= 4 is 28.8 Å². The maximum Gasteiger partial charge on any atom is 0.240 e. The number of nitrogens with one attached hydrogen (secondary N) is 1. The van der Waals surface area contributed by atoms with Crippen molar-refractivity contribution in [2.75, 3.05) is 25.5 Å². The minimum absolute atomic E-state index is 0. The molecule has 1 amide bonds. The Hall–Kier alpha value is -3.43. The number of alkyl halides is 2. The Morgan fingerprint density at radius 3 is 2.62 bits per heavy atom. The molecule has 1 saturated carbocycles. The van der Waals surface area contributed by atoms with Crippen molar-refractivity contribution in [1.29, 1.82) is 0 Å². The maximum absolute atomic E-state index is 12.9. The smallest absolute Gasteiger partial charge is 0.240 e. The van der Waals surface area contributed by atoms with E-state index in [1.54, 1.807) is 24.7 Å². The van der Waals surface area contributed by atoms with Crippen LogP contribution < -0.4 is 5.32 Å². The highest BCUT2D eigenvalue weighted by Gasteiger charge is 2.30. The Morgan fingerprint density at radius 1 is 1.16 bits per heavy atom. The third-order valence-corrected chi connectivity index (χ3v) is 7.49. The number of hydrogen-bond donors (Lipinski definition) is 1. The highest BCUT2D eigenvalue weighted by Crippen LogP contribution is 2.39. The van der Waals surface area contributed by atoms with Gasteiger partial charge in [0.05, 0.1) is 28.8 Å². The van der Waals surface area contributed by atoms with E-state index in [4.69, 9.17) is 0 Å². The molecule has 8 nitrogen and oxygen atoms in total. The lowest BCUT2D eigenvalue weighted by Crippen LogP contribution is -2.45. The lowest BCUT2D eigenvalue weighted by atomic mass is 9.87. The second-order valence-corrected chi connectivity index (χ2v) is 9.94. The maximum atomic E-state index is 12.9. The van der Waals surface area contributed by atoms with Crippen LogP contribution in [-0.4, -0.2) is 62.7 Å². The predicted octanol–water partition coefficient (Wildman–Crippen LogP) is 5.72. The largest absolute Gasteiger partial charge is 0.356 e. The Labute approximate surface area is 216 Å². The minimum Gasteiger partial charge on any atom is -0.356 e. The number of likely N-dealkylation sites (tertiary alicyclic amines) is 1. The molecule has 1 aliphatic carbocycles. The molecule has 6 rings (SSSR count). The van der Waals surface area contributed by atoms with Gasteiger partial charge in [-0.2, -0.15) is 0 Å². The predicted molar refractivity (Wildman–Crippen MR) is 142 cm³/mol. The SMILES string of the molecule is CNc1ncc2c(-c3ccc4c(n3)C(CC(F)F)C(C)=N4)ccn2n1.O=C(C1CCCCC1)N1CCC1.[HH]. The first kappa shape index (κ1) is 25.2. The molecule has 1 atom stereocenters. The Balaban J connectivity index is 0.000000218. The lowest BCUT2D eigenvalue weighted by Gasteiger charge is -2.35. The van der Waals surface area contributed by atoms with Crippen LogP contribution in [0.25, 0.3) is 16.8 Å². The molecule has 37 heavy (non-hydrogen) atoms. The van der Waals surface area contributed by atoms with Crippen LogP contribution in [-0.2, 0) is 4.79 Å². The van der Waals surface area contributed by atoms with Crippen molar-refractivity contribution in [2.24, 2.45) is 10.9 Å². The highest BCUT2D eigenvalue weighted by atomic mass is 19.3. The second kappa shape index (κ2) is 10.9. The van der Waals surface area contributed by atoms with Crippen LogP contribution in [0.2, 0.25) is 0 Å². The molecule has 1 unspecified atom stereocenters. The quantitative estimate of drug-likeness (QED) is 0.473. The van der Waals surface area contributed by atoms with Crippen LogP contribution in [0.1, 0.15) is 64.9 Å². The first-order chi connectivity index (χ1) is 17.9. The van der Waals surface area contributed by atoms with Crippen LogP contribution in [0.4, 0.5) is 20.4 Å². The zero-order chi connectivity index (χ0) is 25.9. The standard InChI is InChI=1S/C17H16F2N6.C10H17NO.H2/c1-9-11(7-15(18)19)16-13(22-9)4-3-12(23-16)10-5-6-25-14(10)8-21-17(20-2)24-25;12-10(11-7-4-8-11)9-5-2-1-3-6-9;/h3-6,8,11,15H,7H2,1-2H3,(H,20,24);9H,1-8H2;1H. The van der Waals surface area contributed by atoms with Gasteiger partial charge in [-0.1, -0.05) is 19.3 Å². The van der Waals surface area contributed by atoms with Gasteiger partial charge >= 0.3 is 0 Å². The highest BCUT2D eigenvalue weighted by molar-refractivity contribution is 5.96. The number of pyridine rings is 1. The lowest BCUT2D eigenvalue weighted by molar-refractivity contribution is -0.140. The van der Waals surface area contributed by atoms with Gasteiger partial charge in [-0.25, -0.2) is 23.3 Å². The summed E-state index contributed by atoms with van der Waals surface area (Å²) in [5, 5.41) is 7.21. The average Bonchev–Trinajstić information content (AvgIpc) is 3.43. The van der Waals surface area contributed by atoms with Gasteiger partial charge in [0.15, 0.2) is 0 Å². The van der Waals surface area contributed by atoms with Crippen LogP contribution in [0.15, 0.2) is 35.6 Å². The minimum atomic E-state index is -2.39. The van der Waals surface area contributed by atoms with Crippen molar-refractivity contribution in [3.63, 3.8) is 0 Å². The van der Waals surface area contributed by atoms with Crippen LogP contribution in [0.3, 0.4) is 0 Å². The van der Waals surface area contributed by atoms with Gasteiger partial charge < -0.3 is 10.2 Å². The Bertz CT molecular complexity index is 1300. The molecule has 2 fully saturated rings. The normalized spacial score (nSPS) is 19.2. The van der Waals surface area contributed by atoms with E-state index in [0.717, 1.165) is 37.0 Å². The average molecular weight is 512 g/mol. The van der Waals surface area contributed by atoms with Gasteiger partial charge in [0.25, 0.3) is 0 Å². The molecule has 0 spiro atoms. The number of halogens is 2. The molecular formula is C27H35F2N7O. The fourth-order valence-corrected chi connectivity index (χ4v) is 5.27. The van der Waals surface area contributed by atoms with E-state index in [2.05, 4.69) is 25.4 Å². The van der Waals surface area contributed by atoms with Crippen molar-refractivity contribution < 1.29 is 15.0 Å². The Kier molecular flexibility index (Phi) is 7.43. The van der Waals surface area contributed by atoms with Crippen molar-refractivity contribution in [3.8, 4) is 11.3 Å². The molecule has 3 aliphatic rings. The van der Waals surface area contributed by atoms with E-state index in [1.165, 1.54) is 25.7 Å². The molecule has 3 aromatic heterocycles. The van der Waals surface area contributed by atoms with E-state index in [9.17, 15) is 13.6 Å². The third kappa shape index (κ3) is 5.33. The van der Waals surface area contributed by atoms with Gasteiger partial charge in [-0.15, -0.1) is 5.10 Å². The number of aliphatic imine (C=N–C) groups is 1. The molecule has 0 bridgehead atoms. The number of carbonyl (C=O) groups is 1. The fraction of sp³-hybridized carbons (Fsp3) is 0.519. The zero-order valence-electron chi connectivity index (χ0n) is 21.3. The van der Waals surface area contributed by atoms with Crippen molar-refractivity contribution in [2.45, 2.75) is 64.2 Å². The van der Waals surface area contributed by atoms with Crippen LogP contribution in [0.5, 0.6) is 0 Å². The molecule has 2 aliphatic heterocycles. The summed E-state index contributed by atoms with van der Waals surface area (Å²) >= 11 is 0. The molecule has 1 saturated heterocycles. The number of aromatic nitrogens is 4. The number of carbonyl (C=O) groups excluding carboxylic acids is 1. The molecule has 198 valence electrons. The Morgan fingerprint density at radius 2 is 1.95 bits per heavy atom. The topological polar surface area (TPSA) is 87.8 Å². The number of hydrogen-bond acceptors (Lipinski definition) is 6. The summed E-state index contributed by atoms with van der Waals surface area (Å²) in [5.74, 6) is 0.911. The summed E-state index contributed by atoms with van der Waals surface area (Å²) in [6.07, 6.45) is 8.27. The third-order valence-electron chi connectivity index (χ3n) is 7.49. The monoisotopic (exact) mass is 511 g/mol. The number of amides is 1. The molecule has 3 aromatic rings. The van der Waals surface area contributed by atoms with Gasteiger partial charge in [-0.05, 0) is 44.4 Å². The number of anilines is 1. The second-order valence-electron chi connectivity index (χ2n) is 9.94. The summed E-state index contributed by atoms with van der Waals surface area (Å²) < 4.78 is 27.5. The van der Waals surface area contributed by atoms with Crippen molar-refractivity contribution in [1.82, 2.24) is 24.5 Å². The van der Waals surface area contributed by atoms with E-state index < -0.39 is 12.3 Å². The summed E-state index contributed by atoms with van der Waals surface area (Å²) in [4.78, 5) is 27.0. The summed E-state index contributed by atoms with van der Waals surface area (Å²) in [6.45, 7) is 3.82. The van der Waals surface area contributed by atoms with Gasteiger partial charge in [0.2, 0.25) is 18.3 Å². The van der Waals surface area contributed by atoms with Gasteiger partial charge in [-0.3, -0.25) is 9.79 Å². The summed E-state index contributed by atoms with van der Waals surface area (Å²) in [6, 6.07) is 5.57. The van der Waals surface area contributed by atoms with Crippen LogP contribution in [0, 0.1) is 5.92 Å². The molecular weight excluding hydrogens is 476 g/mol. The summed E-state index contributed by atoms with van der Waals surface area (Å²) in [7, 11) is 1.75. The molecule has 1 N–H and O–H groups in total. The summed E-state index contributed by atoms with van der Waals surface area (Å²) in [5.41, 5.74) is 4.32. The fourth-order valence-electron chi connectivity index (χ4n) is 5.27. The molecule has 0 radical (unpaired) electrons. The van der Waals surface area contributed by atoms with Gasteiger partial charge in [0.1, 0.15) is 0 Å². The van der Waals surface area contributed by atoms with Gasteiger partial charge in [0, 0.05) is 57.3 Å². The first-order valence-electron chi connectivity index (χ1n) is 13.1. The van der Waals surface area contributed by atoms with Crippen molar-refractivity contribution in [3.05, 3.63) is 36.3 Å². The van der Waals surface area contributed by atoms with E-state index in [1.807, 2.05) is 29.3 Å². The zero-order valence-corrected chi connectivity index (χ0v) is 21.3.